The first-order valence-electron chi connectivity index (χ1n) is 5.13. The van der Waals surface area contributed by atoms with Gasteiger partial charge in [-0.25, -0.2) is 0 Å². The van der Waals surface area contributed by atoms with E-state index in [1.165, 1.54) is 0 Å². The highest BCUT2D eigenvalue weighted by molar-refractivity contribution is 9.10. The molecule has 1 aromatic carbocycles. The van der Waals surface area contributed by atoms with Crippen LogP contribution in [0.4, 0.5) is 0 Å². The SMILES string of the molecule is CC1(C)Oc2cc(Br)c(C(C)(C)O)cc2O1. The maximum Gasteiger partial charge on any atom is 0.246 e. The van der Waals surface area contributed by atoms with E-state index in [0.717, 1.165) is 10.0 Å². The van der Waals surface area contributed by atoms with Crippen LogP contribution < -0.4 is 9.47 Å². The molecule has 0 saturated carbocycles. The maximum absolute atomic E-state index is 10.0. The van der Waals surface area contributed by atoms with Crippen molar-refractivity contribution in [1.29, 1.82) is 0 Å². The Morgan fingerprint density at radius 3 is 2.19 bits per heavy atom. The second-order valence-electron chi connectivity index (χ2n) is 4.94. The molecule has 2 rings (SSSR count). The number of aliphatic hydroxyl groups is 1. The van der Waals surface area contributed by atoms with E-state index in [1.54, 1.807) is 13.8 Å². The van der Waals surface area contributed by atoms with E-state index in [4.69, 9.17) is 9.47 Å². The van der Waals surface area contributed by atoms with Gasteiger partial charge in [0.1, 0.15) is 0 Å². The predicted molar refractivity (Wildman–Crippen MR) is 64.7 cm³/mol. The van der Waals surface area contributed by atoms with Gasteiger partial charge in [-0.15, -0.1) is 0 Å². The van der Waals surface area contributed by atoms with Crippen LogP contribution in [0.2, 0.25) is 0 Å². The van der Waals surface area contributed by atoms with E-state index in [9.17, 15) is 5.11 Å². The normalized spacial score (nSPS) is 17.6. The Balaban J connectivity index is 2.49. The van der Waals surface area contributed by atoms with E-state index in [0.29, 0.717) is 11.5 Å². The third-order valence-corrected chi connectivity index (χ3v) is 3.06. The van der Waals surface area contributed by atoms with Gasteiger partial charge in [0.05, 0.1) is 5.60 Å². The van der Waals surface area contributed by atoms with Crippen LogP contribution in [-0.2, 0) is 5.60 Å². The Kier molecular flexibility index (Phi) is 2.48. The number of hydrogen-bond donors (Lipinski definition) is 1. The highest BCUT2D eigenvalue weighted by Crippen LogP contribution is 2.44. The fraction of sp³-hybridized carbons (Fsp3) is 0.500. The Labute approximate surface area is 104 Å². The fourth-order valence-electron chi connectivity index (χ4n) is 1.71. The van der Waals surface area contributed by atoms with Gasteiger partial charge in [0.2, 0.25) is 5.79 Å². The molecule has 3 nitrogen and oxygen atoms in total. The molecule has 1 heterocycles. The number of ether oxygens (including phenoxy) is 2. The summed E-state index contributed by atoms with van der Waals surface area (Å²) in [5.41, 5.74) is -0.128. The average Bonchev–Trinajstić information content (AvgIpc) is 2.34. The van der Waals surface area contributed by atoms with Gasteiger partial charge in [0.15, 0.2) is 11.5 Å². The first-order valence-corrected chi connectivity index (χ1v) is 5.93. The zero-order valence-corrected chi connectivity index (χ0v) is 11.4. The minimum atomic E-state index is -0.913. The first kappa shape index (κ1) is 11.7. The Morgan fingerprint density at radius 2 is 1.69 bits per heavy atom. The zero-order chi connectivity index (χ0) is 12.1. The number of hydrogen-bond acceptors (Lipinski definition) is 3. The molecule has 16 heavy (non-hydrogen) atoms. The molecule has 0 aliphatic carbocycles. The van der Waals surface area contributed by atoms with Gasteiger partial charge >= 0.3 is 0 Å². The lowest BCUT2D eigenvalue weighted by atomic mass is 9.98. The van der Waals surface area contributed by atoms with E-state index in [1.807, 2.05) is 26.0 Å². The van der Waals surface area contributed by atoms with Crippen molar-refractivity contribution in [3.8, 4) is 11.5 Å². The molecule has 1 aromatic rings. The minimum Gasteiger partial charge on any atom is -0.449 e. The number of benzene rings is 1. The lowest BCUT2D eigenvalue weighted by Gasteiger charge is -2.19. The number of fused-ring (bicyclic) bond motifs is 1. The maximum atomic E-state index is 10.0. The number of rotatable bonds is 1. The Bertz CT molecular complexity index is 433. The van der Waals surface area contributed by atoms with Gasteiger partial charge < -0.3 is 14.6 Å². The van der Waals surface area contributed by atoms with Gasteiger partial charge in [-0.3, -0.25) is 0 Å². The highest BCUT2D eigenvalue weighted by atomic mass is 79.9. The Morgan fingerprint density at radius 1 is 1.19 bits per heavy atom. The summed E-state index contributed by atoms with van der Waals surface area (Å²) in [5.74, 6) is 0.732. The minimum absolute atomic E-state index is 0.639. The predicted octanol–water partition coefficient (Wildman–Crippen LogP) is 3.18. The molecule has 0 spiro atoms. The average molecular weight is 287 g/mol. The smallest absolute Gasteiger partial charge is 0.246 e. The van der Waals surface area contributed by atoms with Crippen LogP contribution in [0, 0.1) is 0 Å². The third kappa shape index (κ3) is 2.04. The Hall–Kier alpha value is -0.740. The van der Waals surface area contributed by atoms with Gasteiger partial charge in [0.25, 0.3) is 0 Å². The summed E-state index contributed by atoms with van der Waals surface area (Å²) < 4.78 is 12.1. The van der Waals surface area contributed by atoms with Crippen LogP contribution in [0.25, 0.3) is 0 Å². The van der Waals surface area contributed by atoms with Crippen molar-refractivity contribution in [1.82, 2.24) is 0 Å². The lowest BCUT2D eigenvalue weighted by Crippen LogP contribution is -2.29. The molecule has 0 saturated heterocycles. The first-order chi connectivity index (χ1) is 7.19. The topological polar surface area (TPSA) is 38.7 Å². The molecule has 1 aliphatic heterocycles. The van der Waals surface area contributed by atoms with Gasteiger partial charge in [-0.1, -0.05) is 15.9 Å². The molecule has 0 radical (unpaired) electrons. The largest absolute Gasteiger partial charge is 0.449 e. The van der Waals surface area contributed by atoms with Gasteiger partial charge in [-0.2, -0.15) is 0 Å². The second kappa shape index (κ2) is 3.37. The van der Waals surface area contributed by atoms with Crippen molar-refractivity contribution in [3.05, 3.63) is 22.2 Å². The van der Waals surface area contributed by atoms with Crippen LogP contribution in [-0.4, -0.2) is 10.9 Å². The van der Waals surface area contributed by atoms with Crippen LogP contribution in [0.3, 0.4) is 0 Å². The quantitative estimate of drug-likeness (QED) is 0.862. The van der Waals surface area contributed by atoms with E-state index < -0.39 is 11.4 Å². The van der Waals surface area contributed by atoms with Crippen molar-refractivity contribution in [2.75, 3.05) is 0 Å². The van der Waals surface area contributed by atoms with Crippen molar-refractivity contribution in [3.63, 3.8) is 0 Å². The molecule has 4 heteroatoms. The van der Waals surface area contributed by atoms with E-state index in [2.05, 4.69) is 15.9 Å². The molecular formula is C12H15BrO3. The molecule has 0 fully saturated rings. The fourth-order valence-corrected chi connectivity index (χ4v) is 2.52. The number of halogens is 1. The molecule has 0 atom stereocenters. The molecule has 0 amide bonds. The summed E-state index contributed by atoms with van der Waals surface area (Å²) in [5, 5.41) is 10.0. The highest BCUT2D eigenvalue weighted by Gasteiger charge is 2.34. The standard InChI is InChI=1S/C12H15BrO3/c1-11(2,14)7-5-9-10(6-8(7)13)16-12(3,4)15-9/h5-6,14H,1-4H3. The third-order valence-electron chi connectivity index (χ3n) is 2.40. The van der Waals surface area contributed by atoms with Crippen molar-refractivity contribution in [2.24, 2.45) is 0 Å². The van der Waals surface area contributed by atoms with Gasteiger partial charge in [-0.05, 0) is 26.0 Å². The lowest BCUT2D eigenvalue weighted by molar-refractivity contribution is -0.0432. The summed E-state index contributed by atoms with van der Waals surface area (Å²) >= 11 is 3.43. The monoisotopic (exact) mass is 286 g/mol. The van der Waals surface area contributed by atoms with Crippen LogP contribution in [0.1, 0.15) is 33.3 Å². The molecule has 1 aliphatic rings. The van der Waals surface area contributed by atoms with E-state index >= 15 is 0 Å². The summed E-state index contributed by atoms with van der Waals surface area (Å²) in [6.07, 6.45) is 0. The molecular weight excluding hydrogens is 272 g/mol. The van der Waals surface area contributed by atoms with Crippen LogP contribution >= 0.6 is 15.9 Å². The van der Waals surface area contributed by atoms with Crippen molar-refractivity contribution < 1.29 is 14.6 Å². The molecule has 0 aromatic heterocycles. The van der Waals surface area contributed by atoms with Gasteiger partial charge in [0, 0.05) is 23.9 Å². The molecule has 0 bridgehead atoms. The molecule has 1 N–H and O–H groups in total. The summed E-state index contributed by atoms with van der Waals surface area (Å²) in [7, 11) is 0. The van der Waals surface area contributed by atoms with E-state index in [-0.39, 0.29) is 0 Å². The van der Waals surface area contributed by atoms with Crippen molar-refractivity contribution >= 4 is 15.9 Å². The van der Waals surface area contributed by atoms with Crippen LogP contribution in [0.15, 0.2) is 16.6 Å². The molecule has 88 valence electrons. The van der Waals surface area contributed by atoms with Crippen molar-refractivity contribution in [2.45, 2.75) is 39.1 Å². The molecule has 0 unspecified atom stereocenters. The zero-order valence-electron chi connectivity index (χ0n) is 9.80. The summed E-state index contributed by atoms with van der Waals surface area (Å²) in [6.45, 7) is 7.18. The van der Waals surface area contributed by atoms with Crippen LogP contribution in [0.5, 0.6) is 11.5 Å². The summed E-state index contributed by atoms with van der Waals surface area (Å²) in [4.78, 5) is 0. The summed E-state index contributed by atoms with van der Waals surface area (Å²) in [6, 6.07) is 3.64. The second-order valence-corrected chi connectivity index (χ2v) is 5.80.